The van der Waals surface area contributed by atoms with Gasteiger partial charge >= 0.3 is 0 Å². The summed E-state index contributed by atoms with van der Waals surface area (Å²) in [7, 11) is 0. The molecule has 7 heteroatoms. The van der Waals surface area contributed by atoms with E-state index in [1.54, 1.807) is 0 Å². The summed E-state index contributed by atoms with van der Waals surface area (Å²) in [5.74, 6) is 5.20. The van der Waals surface area contributed by atoms with Crippen LogP contribution in [0.15, 0.2) is 59.5 Å². The van der Waals surface area contributed by atoms with E-state index in [2.05, 4.69) is 45.6 Å². The predicted octanol–water partition coefficient (Wildman–Crippen LogP) is 4.42. The Morgan fingerprint density at radius 1 is 1.12 bits per heavy atom. The number of aryl methyl sites for hydroxylation is 1. The fourth-order valence-corrected chi connectivity index (χ4v) is 2.82. The smallest absolute Gasteiger partial charge is 0.0783 e. The lowest BCUT2D eigenvalue weighted by molar-refractivity contribution is -0.195. The molecule has 0 unspecified atom stereocenters. The minimum atomic E-state index is 0.363. The topological polar surface area (TPSA) is 62.3 Å². The summed E-state index contributed by atoms with van der Waals surface area (Å²) in [6, 6.07) is 18.0. The molecule has 0 radical (unpaired) electrons. The average Bonchev–Trinajstić information content (AvgIpc) is 3.05. The van der Waals surface area contributed by atoms with Gasteiger partial charge in [-0.1, -0.05) is 29.8 Å². The number of hydrogen-bond acceptors (Lipinski definition) is 5. The van der Waals surface area contributed by atoms with Crippen LogP contribution in [-0.2, 0) is 15.2 Å². The van der Waals surface area contributed by atoms with Crippen molar-refractivity contribution in [3.05, 3.63) is 65.9 Å². The summed E-state index contributed by atoms with van der Waals surface area (Å²) in [4.78, 5) is 4.96. The van der Waals surface area contributed by atoms with E-state index in [4.69, 9.17) is 17.5 Å². The molecular weight excluding hydrogens is 346 g/mol. The molecule has 0 saturated carbocycles. The van der Waals surface area contributed by atoms with Crippen LogP contribution in [-0.4, -0.2) is 9.78 Å². The highest BCUT2D eigenvalue weighted by Gasteiger charge is 2.11. The van der Waals surface area contributed by atoms with Crippen molar-refractivity contribution in [2.45, 2.75) is 17.7 Å². The van der Waals surface area contributed by atoms with Gasteiger partial charge in [0.25, 0.3) is 0 Å². The van der Waals surface area contributed by atoms with Crippen LogP contribution in [0.5, 0.6) is 0 Å². The lowest BCUT2D eigenvalue weighted by atomic mass is 10.1. The van der Waals surface area contributed by atoms with E-state index in [1.165, 1.54) is 5.56 Å². The second-order valence-corrected chi connectivity index (χ2v) is 6.22. The molecule has 0 aliphatic rings. The van der Waals surface area contributed by atoms with Gasteiger partial charge in [-0.15, -0.1) is 20.9 Å². The van der Waals surface area contributed by atoms with Crippen molar-refractivity contribution in [1.82, 2.24) is 9.78 Å². The van der Waals surface area contributed by atoms with Gasteiger partial charge in [-0.25, -0.2) is 4.68 Å². The molecule has 0 saturated heterocycles. The molecule has 0 aliphatic heterocycles. The summed E-state index contributed by atoms with van der Waals surface area (Å²) in [5.41, 5.74) is 5.05. The fourth-order valence-electron chi connectivity index (χ4n) is 2.32. The van der Waals surface area contributed by atoms with Gasteiger partial charge in [-0.3, -0.25) is 0 Å². The first-order valence-corrected chi connectivity index (χ1v) is 8.51. The van der Waals surface area contributed by atoms with Crippen molar-refractivity contribution in [1.29, 1.82) is 0 Å². The van der Waals surface area contributed by atoms with Gasteiger partial charge in [-0.2, -0.15) is 11.0 Å². The highest BCUT2D eigenvalue weighted by atomic mass is 35.5. The van der Waals surface area contributed by atoms with Crippen LogP contribution in [0.25, 0.3) is 16.9 Å². The molecule has 0 amide bonds. The molecule has 3 aromatic rings. The van der Waals surface area contributed by atoms with Crippen LogP contribution in [0.2, 0.25) is 0 Å². The third-order valence-electron chi connectivity index (χ3n) is 3.50. The lowest BCUT2D eigenvalue weighted by Gasteiger charge is -2.08. The molecule has 0 fully saturated rings. The first-order chi connectivity index (χ1) is 11.7. The van der Waals surface area contributed by atoms with Crippen LogP contribution in [0.4, 0.5) is 0 Å². The SMILES string of the molecule is Cc1ccc(-c2cc(CCl)nn2-c2ccc(SOON)cc2)cc1. The summed E-state index contributed by atoms with van der Waals surface area (Å²) < 4.78 is 6.53. The molecule has 0 aliphatic carbocycles. The average molecular weight is 362 g/mol. The molecule has 2 aromatic carbocycles. The normalized spacial score (nSPS) is 11.0. The van der Waals surface area contributed by atoms with E-state index < -0.39 is 0 Å². The van der Waals surface area contributed by atoms with E-state index in [-0.39, 0.29) is 0 Å². The highest BCUT2D eigenvalue weighted by Crippen LogP contribution is 2.27. The minimum Gasteiger partial charge on any atom is -0.233 e. The predicted molar refractivity (Wildman–Crippen MR) is 95.5 cm³/mol. The minimum absolute atomic E-state index is 0.363. The summed E-state index contributed by atoms with van der Waals surface area (Å²) in [6.07, 6.45) is 0. The molecule has 3 rings (SSSR count). The Hall–Kier alpha value is -1.83. The van der Waals surface area contributed by atoms with E-state index in [0.29, 0.717) is 5.88 Å². The summed E-state index contributed by atoms with van der Waals surface area (Å²) in [5, 5.41) is 4.59. The fraction of sp³-hybridized carbons (Fsp3) is 0.118. The molecule has 5 nitrogen and oxygen atoms in total. The van der Waals surface area contributed by atoms with Gasteiger partial charge in [0.05, 0.1) is 35.0 Å². The Morgan fingerprint density at radius 3 is 2.46 bits per heavy atom. The Labute approximate surface area is 149 Å². The maximum Gasteiger partial charge on any atom is 0.0783 e. The van der Waals surface area contributed by atoms with Gasteiger partial charge in [0.2, 0.25) is 0 Å². The van der Waals surface area contributed by atoms with Gasteiger partial charge in [0, 0.05) is 10.5 Å². The maximum absolute atomic E-state index is 5.97. The molecule has 1 heterocycles. The van der Waals surface area contributed by atoms with Crippen LogP contribution in [0, 0.1) is 6.92 Å². The number of benzene rings is 2. The van der Waals surface area contributed by atoms with Gasteiger partial charge in [0.1, 0.15) is 0 Å². The van der Waals surface area contributed by atoms with Crippen LogP contribution in [0.1, 0.15) is 11.3 Å². The molecule has 0 atom stereocenters. The zero-order valence-electron chi connectivity index (χ0n) is 13.0. The van der Waals surface area contributed by atoms with Crippen LogP contribution >= 0.6 is 23.6 Å². The largest absolute Gasteiger partial charge is 0.233 e. The molecule has 1 aromatic heterocycles. The number of nitrogens with two attached hydrogens (primary N) is 1. The van der Waals surface area contributed by atoms with Crippen molar-refractivity contribution in [3.8, 4) is 16.9 Å². The first-order valence-electron chi connectivity index (χ1n) is 7.23. The van der Waals surface area contributed by atoms with E-state index in [1.807, 2.05) is 35.0 Å². The standard InChI is InChI=1S/C17H16ClN3O2S/c1-12-2-4-13(5-3-12)17-10-14(11-18)20-21(17)15-6-8-16(9-7-15)24-23-22-19/h2-10H,11,19H2,1H3. The summed E-state index contributed by atoms with van der Waals surface area (Å²) in [6.45, 7) is 2.06. The van der Waals surface area contributed by atoms with E-state index in [0.717, 1.165) is 39.6 Å². The highest BCUT2D eigenvalue weighted by molar-refractivity contribution is 7.94. The first kappa shape index (κ1) is 17.0. The van der Waals surface area contributed by atoms with Gasteiger partial charge < -0.3 is 0 Å². The molecule has 0 spiro atoms. The van der Waals surface area contributed by atoms with Gasteiger partial charge in [-0.05, 0) is 37.3 Å². The van der Waals surface area contributed by atoms with Crippen molar-refractivity contribution in [3.63, 3.8) is 0 Å². The Kier molecular flexibility index (Phi) is 5.55. The number of halogens is 1. The molecular formula is C17H16ClN3O2S. The Balaban J connectivity index is 1.97. The van der Waals surface area contributed by atoms with Crippen molar-refractivity contribution in [2.24, 2.45) is 5.90 Å². The van der Waals surface area contributed by atoms with Crippen molar-refractivity contribution >= 4 is 23.6 Å². The Bertz CT molecular complexity index is 804. The zero-order valence-corrected chi connectivity index (χ0v) is 14.6. The maximum atomic E-state index is 5.97. The number of nitrogens with zero attached hydrogens (tertiary/aromatic N) is 2. The third kappa shape index (κ3) is 3.80. The van der Waals surface area contributed by atoms with Crippen molar-refractivity contribution < 1.29 is 9.32 Å². The molecule has 0 bridgehead atoms. The van der Waals surface area contributed by atoms with Crippen LogP contribution < -0.4 is 5.90 Å². The van der Waals surface area contributed by atoms with Crippen LogP contribution in [0.3, 0.4) is 0 Å². The number of hydrogen-bond donors (Lipinski definition) is 1. The van der Waals surface area contributed by atoms with Crippen molar-refractivity contribution in [2.75, 3.05) is 0 Å². The van der Waals surface area contributed by atoms with E-state index in [9.17, 15) is 0 Å². The molecule has 124 valence electrons. The van der Waals surface area contributed by atoms with Gasteiger partial charge in [0.15, 0.2) is 0 Å². The second kappa shape index (κ2) is 7.83. The van der Waals surface area contributed by atoms with E-state index >= 15 is 0 Å². The number of alkyl halides is 1. The lowest BCUT2D eigenvalue weighted by Crippen LogP contribution is -1.99. The second-order valence-electron chi connectivity index (χ2n) is 5.17. The molecule has 2 N–H and O–H groups in total. The quantitative estimate of drug-likeness (QED) is 0.305. The third-order valence-corrected chi connectivity index (χ3v) is 4.38. The number of aromatic nitrogens is 2. The Morgan fingerprint density at radius 2 is 1.83 bits per heavy atom. The monoisotopic (exact) mass is 361 g/mol. The number of rotatable bonds is 6. The zero-order chi connectivity index (χ0) is 16.9. The summed E-state index contributed by atoms with van der Waals surface area (Å²) >= 11 is 7.01. The molecule has 24 heavy (non-hydrogen) atoms.